The summed E-state index contributed by atoms with van der Waals surface area (Å²) in [7, 11) is -3.57. The van der Waals surface area contributed by atoms with Gasteiger partial charge in [-0.05, 0) is 73.6 Å². The Morgan fingerprint density at radius 3 is 2.33 bits per heavy atom. The van der Waals surface area contributed by atoms with Gasteiger partial charge in [-0.2, -0.15) is 4.31 Å². The molecule has 1 saturated heterocycles. The van der Waals surface area contributed by atoms with Crippen molar-refractivity contribution in [1.29, 1.82) is 0 Å². The van der Waals surface area contributed by atoms with E-state index in [9.17, 15) is 13.2 Å². The number of carbonyl (C=O) groups excluding carboxylic acids is 1. The average molecular weight is 484 g/mol. The number of aryl methyl sites for hydroxylation is 2. The molecule has 6 nitrogen and oxygen atoms in total. The third kappa shape index (κ3) is 5.18. The maximum atomic E-state index is 13.0. The number of rotatable bonds is 5. The number of carbonyl (C=O) groups is 1. The van der Waals surface area contributed by atoms with E-state index in [4.69, 9.17) is 0 Å². The van der Waals surface area contributed by atoms with Gasteiger partial charge in [0.05, 0.1) is 10.6 Å². The van der Waals surface area contributed by atoms with Gasteiger partial charge in [-0.25, -0.2) is 13.4 Å². The van der Waals surface area contributed by atoms with Gasteiger partial charge in [0, 0.05) is 29.6 Å². The highest BCUT2D eigenvalue weighted by molar-refractivity contribution is 7.89. The van der Waals surface area contributed by atoms with Crippen LogP contribution in [0.1, 0.15) is 41.8 Å². The van der Waals surface area contributed by atoms with E-state index >= 15 is 0 Å². The molecule has 4 rings (SSSR count). The Kier molecular flexibility index (Phi) is 6.70. The van der Waals surface area contributed by atoms with Crippen molar-refractivity contribution in [2.75, 3.05) is 18.4 Å². The van der Waals surface area contributed by atoms with Crippen LogP contribution >= 0.6 is 11.3 Å². The van der Waals surface area contributed by atoms with E-state index in [2.05, 4.69) is 50.1 Å². The molecule has 0 bridgehead atoms. The van der Waals surface area contributed by atoms with Gasteiger partial charge >= 0.3 is 0 Å². The highest BCUT2D eigenvalue weighted by Gasteiger charge is 2.31. The molecule has 1 aliphatic rings. The minimum absolute atomic E-state index is 0.214. The second-order valence-corrected chi connectivity index (χ2v) is 11.9. The molecule has 0 radical (unpaired) electrons. The topological polar surface area (TPSA) is 79.4 Å². The van der Waals surface area contributed by atoms with Gasteiger partial charge < -0.3 is 0 Å². The van der Waals surface area contributed by atoms with Crippen LogP contribution in [0, 0.1) is 25.7 Å². The minimum atomic E-state index is -3.57. The van der Waals surface area contributed by atoms with Crippen molar-refractivity contribution in [3.63, 3.8) is 0 Å². The number of aromatic nitrogens is 1. The van der Waals surface area contributed by atoms with Crippen LogP contribution < -0.4 is 5.32 Å². The first-order valence-corrected chi connectivity index (χ1v) is 13.4. The highest BCUT2D eigenvalue weighted by Crippen LogP contribution is 2.28. The number of amides is 1. The number of nitrogens with one attached hydrogen (secondary N) is 1. The van der Waals surface area contributed by atoms with E-state index in [1.165, 1.54) is 34.6 Å². The molecule has 2 atom stereocenters. The lowest BCUT2D eigenvalue weighted by Crippen LogP contribution is -2.42. The lowest BCUT2D eigenvalue weighted by atomic mass is 9.94. The van der Waals surface area contributed by atoms with Gasteiger partial charge in [0.25, 0.3) is 5.91 Å². The maximum Gasteiger partial charge on any atom is 0.257 e. The van der Waals surface area contributed by atoms with Gasteiger partial charge in [-0.3, -0.25) is 10.1 Å². The van der Waals surface area contributed by atoms with E-state index in [0.717, 1.165) is 17.7 Å². The second-order valence-electron chi connectivity index (χ2n) is 9.08. The van der Waals surface area contributed by atoms with E-state index in [0.29, 0.717) is 35.6 Å². The van der Waals surface area contributed by atoms with Crippen molar-refractivity contribution in [2.45, 2.75) is 39.0 Å². The Bertz CT molecular complexity index is 1260. The molecule has 3 aromatic rings. The fourth-order valence-corrected chi connectivity index (χ4v) is 6.66. The SMILES string of the molecule is Cc1ccc(-c2csc(NC(=O)c3ccc(S(=O)(=O)N4C[C@H](C)C[C@H](C)C4)cc3)n2)cc1C. The summed E-state index contributed by atoms with van der Waals surface area (Å²) in [5, 5.41) is 5.23. The molecule has 0 unspecified atom stereocenters. The molecule has 2 heterocycles. The van der Waals surface area contributed by atoms with Gasteiger partial charge in [0.2, 0.25) is 10.0 Å². The van der Waals surface area contributed by atoms with Crippen LogP contribution in [0.3, 0.4) is 0 Å². The largest absolute Gasteiger partial charge is 0.298 e. The molecular weight excluding hydrogens is 454 g/mol. The lowest BCUT2D eigenvalue weighted by Gasteiger charge is -2.34. The molecule has 33 heavy (non-hydrogen) atoms. The van der Waals surface area contributed by atoms with Crippen LogP contribution in [-0.4, -0.2) is 36.7 Å². The molecule has 1 amide bonds. The van der Waals surface area contributed by atoms with Crippen molar-refractivity contribution in [3.05, 3.63) is 64.5 Å². The van der Waals surface area contributed by atoms with Crippen LogP contribution in [0.5, 0.6) is 0 Å². The van der Waals surface area contributed by atoms with Gasteiger partial charge in [-0.15, -0.1) is 11.3 Å². The van der Waals surface area contributed by atoms with Crippen LogP contribution in [0.25, 0.3) is 11.3 Å². The first-order valence-electron chi connectivity index (χ1n) is 11.1. The maximum absolute atomic E-state index is 13.0. The Morgan fingerprint density at radius 1 is 1.03 bits per heavy atom. The number of hydrogen-bond acceptors (Lipinski definition) is 5. The zero-order valence-electron chi connectivity index (χ0n) is 19.3. The highest BCUT2D eigenvalue weighted by atomic mass is 32.2. The van der Waals surface area contributed by atoms with Crippen molar-refractivity contribution in [1.82, 2.24) is 9.29 Å². The Hall–Kier alpha value is -2.55. The molecule has 2 aromatic carbocycles. The number of benzene rings is 2. The fourth-order valence-electron chi connectivity index (χ4n) is 4.26. The molecule has 1 aromatic heterocycles. The van der Waals surface area contributed by atoms with Crippen LogP contribution in [0.15, 0.2) is 52.7 Å². The van der Waals surface area contributed by atoms with E-state index < -0.39 is 10.0 Å². The van der Waals surface area contributed by atoms with E-state index in [-0.39, 0.29) is 10.8 Å². The van der Waals surface area contributed by atoms with Crippen LogP contribution in [0.2, 0.25) is 0 Å². The Labute approximate surface area is 199 Å². The summed E-state index contributed by atoms with van der Waals surface area (Å²) in [4.78, 5) is 17.5. The molecule has 174 valence electrons. The summed E-state index contributed by atoms with van der Waals surface area (Å²) >= 11 is 1.36. The van der Waals surface area contributed by atoms with Crippen LogP contribution in [-0.2, 0) is 10.0 Å². The first-order chi connectivity index (χ1) is 15.6. The average Bonchev–Trinajstić information content (AvgIpc) is 3.23. The molecule has 0 spiro atoms. The predicted octanol–water partition coefficient (Wildman–Crippen LogP) is 5.35. The standard InChI is InChI=1S/C25H29N3O3S2/c1-16-11-17(2)14-28(13-16)33(30,31)22-9-7-20(8-10-22)24(29)27-25-26-23(15-32-25)21-6-5-18(3)19(4)12-21/h5-10,12,15-17H,11,13-14H2,1-4H3,(H,26,27,29)/t16-,17+. The van der Waals surface area contributed by atoms with Gasteiger partial charge in [0.15, 0.2) is 5.13 Å². The van der Waals surface area contributed by atoms with Crippen molar-refractivity contribution in [2.24, 2.45) is 11.8 Å². The smallest absolute Gasteiger partial charge is 0.257 e. The second kappa shape index (κ2) is 9.37. The van der Waals surface area contributed by atoms with Gasteiger partial charge in [-0.1, -0.05) is 26.0 Å². The normalized spacial score (nSPS) is 19.4. The molecule has 0 saturated carbocycles. The third-order valence-corrected chi connectivity index (χ3v) is 8.72. The molecule has 1 aliphatic heterocycles. The quantitative estimate of drug-likeness (QED) is 0.531. The molecule has 0 aliphatic carbocycles. The number of piperidine rings is 1. The number of thiazole rings is 1. The number of sulfonamides is 1. The summed E-state index contributed by atoms with van der Waals surface area (Å²) in [6, 6.07) is 12.3. The lowest BCUT2D eigenvalue weighted by molar-refractivity contribution is 0.102. The predicted molar refractivity (Wildman–Crippen MR) is 133 cm³/mol. The molecule has 8 heteroatoms. The zero-order valence-corrected chi connectivity index (χ0v) is 21.0. The van der Waals surface area contributed by atoms with E-state index in [1.807, 2.05) is 11.4 Å². The summed E-state index contributed by atoms with van der Waals surface area (Å²) < 4.78 is 27.7. The molecule has 1 fully saturated rings. The van der Waals surface area contributed by atoms with Crippen molar-refractivity contribution >= 4 is 32.4 Å². The third-order valence-electron chi connectivity index (χ3n) is 6.12. The van der Waals surface area contributed by atoms with Gasteiger partial charge in [0.1, 0.15) is 0 Å². The Morgan fingerprint density at radius 2 is 1.70 bits per heavy atom. The number of hydrogen-bond donors (Lipinski definition) is 1. The van der Waals surface area contributed by atoms with Crippen LogP contribution in [0.4, 0.5) is 5.13 Å². The van der Waals surface area contributed by atoms with Crippen molar-refractivity contribution < 1.29 is 13.2 Å². The monoisotopic (exact) mass is 483 g/mol. The van der Waals surface area contributed by atoms with E-state index in [1.54, 1.807) is 16.4 Å². The number of anilines is 1. The molecular formula is C25H29N3O3S2. The molecule has 1 N–H and O–H groups in total. The zero-order chi connectivity index (χ0) is 23.8. The summed E-state index contributed by atoms with van der Waals surface area (Å²) in [5.74, 6) is 0.348. The Balaban J connectivity index is 1.46. The minimum Gasteiger partial charge on any atom is -0.298 e. The van der Waals surface area contributed by atoms with Crippen molar-refractivity contribution in [3.8, 4) is 11.3 Å². The fraction of sp³-hybridized carbons (Fsp3) is 0.360. The number of nitrogens with zero attached hydrogens (tertiary/aromatic N) is 2. The first kappa shape index (κ1) is 23.6. The summed E-state index contributed by atoms with van der Waals surface area (Å²) in [5.41, 5.74) is 4.61. The summed E-state index contributed by atoms with van der Waals surface area (Å²) in [6.45, 7) is 9.34. The summed E-state index contributed by atoms with van der Waals surface area (Å²) in [6.07, 6.45) is 1.03.